The number of carboxylic acid groups (broad SMARTS) is 1. The fraction of sp³-hybridized carbons (Fsp3) is 0. The minimum absolute atomic E-state index is 0.139. The normalized spacial score (nSPS) is 9.82. The molecule has 0 bridgehead atoms. The molecule has 0 unspecified atom stereocenters. The molecule has 3 rings (SSSR count). The van der Waals surface area contributed by atoms with Crippen molar-refractivity contribution in [3.63, 3.8) is 0 Å². The molecule has 1 aromatic carbocycles. The predicted octanol–water partition coefficient (Wildman–Crippen LogP) is 2.15. The molecule has 108 valence electrons. The van der Waals surface area contributed by atoms with Crippen LogP contribution in [0.15, 0.2) is 35.7 Å². The Morgan fingerprint density at radius 3 is 2.86 bits per heavy atom. The monoisotopic (exact) mass is 312 g/mol. The lowest BCUT2D eigenvalue weighted by molar-refractivity contribution is 0.0687. The molecule has 22 heavy (non-hydrogen) atoms. The Morgan fingerprint density at radius 2 is 2.09 bits per heavy atom. The number of carboxylic acids is 1. The summed E-state index contributed by atoms with van der Waals surface area (Å²) in [5.74, 6) is 4.77. The highest BCUT2D eigenvalue weighted by Gasteiger charge is 2.17. The molecule has 2 aromatic heterocycles. The Bertz CT molecular complexity index is 861. The van der Waals surface area contributed by atoms with Gasteiger partial charge in [0.1, 0.15) is 0 Å². The number of carbonyl (C=O) groups is 1. The fourth-order valence-electron chi connectivity index (χ4n) is 1.54. The van der Waals surface area contributed by atoms with Gasteiger partial charge in [0.25, 0.3) is 5.88 Å². The van der Waals surface area contributed by atoms with Crippen LogP contribution in [0.3, 0.4) is 0 Å². The van der Waals surface area contributed by atoms with Gasteiger partial charge in [-0.1, -0.05) is 34.4 Å². The molecule has 2 N–H and O–H groups in total. The summed E-state index contributed by atoms with van der Waals surface area (Å²) in [6.45, 7) is 0. The molecule has 0 saturated heterocycles. The van der Waals surface area contributed by atoms with E-state index in [9.17, 15) is 4.79 Å². The summed E-state index contributed by atoms with van der Waals surface area (Å²) in [5, 5.41) is 20.3. The van der Waals surface area contributed by atoms with Gasteiger partial charge in [-0.3, -0.25) is 0 Å². The van der Waals surface area contributed by atoms with Crippen molar-refractivity contribution in [2.45, 2.75) is 0 Å². The first-order valence-corrected chi connectivity index (χ1v) is 6.95. The Hall–Kier alpha value is -3.18. The smallest absolute Gasteiger partial charge is 0.359 e. The molecule has 8 heteroatoms. The standard InChI is InChI=1S/C14H8N4O3S/c19-14(20)12-13(17-18-16-12)21-10-8-22-11(15-10)7-6-9-4-2-1-3-5-9/h1-5,8H,(H,19,20)(H,16,17,18). The average Bonchev–Trinajstić information content (AvgIpc) is 3.16. The maximum absolute atomic E-state index is 10.9. The van der Waals surface area contributed by atoms with Gasteiger partial charge in [0.15, 0.2) is 5.01 Å². The van der Waals surface area contributed by atoms with Crippen molar-refractivity contribution >= 4 is 17.3 Å². The summed E-state index contributed by atoms with van der Waals surface area (Å²) >= 11 is 1.29. The number of rotatable bonds is 3. The minimum atomic E-state index is -1.21. The van der Waals surface area contributed by atoms with Crippen molar-refractivity contribution in [2.24, 2.45) is 0 Å². The Balaban J connectivity index is 1.76. The summed E-state index contributed by atoms with van der Waals surface area (Å²) in [6.07, 6.45) is 0. The molecule has 0 spiro atoms. The SMILES string of the molecule is O=C(O)c1[nH]nnc1Oc1csc(C#Cc2ccccc2)n1. The van der Waals surface area contributed by atoms with Gasteiger partial charge in [0.05, 0.1) is 5.38 Å². The van der Waals surface area contributed by atoms with E-state index in [1.807, 2.05) is 30.3 Å². The maximum atomic E-state index is 10.9. The fourth-order valence-corrected chi connectivity index (χ4v) is 2.10. The van der Waals surface area contributed by atoms with Crippen molar-refractivity contribution < 1.29 is 14.6 Å². The van der Waals surface area contributed by atoms with Crippen LogP contribution in [-0.2, 0) is 0 Å². The van der Waals surface area contributed by atoms with E-state index in [0.717, 1.165) is 5.56 Å². The quantitative estimate of drug-likeness (QED) is 0.719. The van der Waals surface area contributed by atoms with Crippen LogP contribution in [0.1, 0.15) is 21.1 Å². The van der Waals surface area contributed by atoms with Crippen molar-refractivity contribution in [3.05, 3.63) is 52.0 Å². The third kappa shape index (κ3) is 3.11. The Labute approximate surface area is 128 Å². The highest BCUT2D eigenvalue weighted by molar-refractivity contribution is 7.10. The van der Waals surface area contributed by atoms with Crippen LogP contribution in [0.5, 0.6) is 11.8 Å². The van der Waals surface area contributed by atoms with E-state index in [-0.39, 0.29) is 17.5 Å². The van der Waals surface area contributed by atoms with Gasteiger partial charge in [-0.2, -0.15) is 4.98 Å². The second-order valence-electron chi connectivity index (χ2n) is 4.01. The number of nitrogens with one attached hydrogen (secondary N) is 1. The third-order valence-corrected chi connectivity index (χ3v) is 3.24. The molecule has 0 fully saturated rings. The number of ether oxygens (including phenoxy) is 1. The summed E-state index contributed by atoms with van der Waals surface area (Å²) in [5.41, 5.74) is 0.648. The van der Waals surface area contributed by atoms with Crippen LogP contribution in [0.2, 0.25) is 0 Å². The molecule has 0 saturated carbocycles. The molecular formula is C14H8N4O3S. The number of hydrogen-bond acceptors (Lipinski definition) is 6. The first-order valence-electron chi connectivity index (χ1n) is 6.07. The van der Waals surface area contributed by atoms with Gasteiger partial charge in [-0.25, -0.2) is 9.89 Å². The second-order valence-corrected chi connectivity index (χ2v) is 4.86. The van der Waals surface area contributed by atoms with Crippen LogP contribution in [-0.4, -0.2) is 31.5 Å². The zero-order chi connectivity index (χ0) is 15.4. The number of nitrogens with zero attached hydrogens (tertiary/aromatic N) is 3. The van der Waals surface area contributed by atoms with Crippen molar-refractivity contribution in [3.8, 4) is 23.6 Å². The molecular weight excluding hydrogens is 304 g/mol. The van der Waals surface area contributed by atoms with E-state index < -0.39 is 5.97 Å². The van der Waals surface area contributed by atoms with Crippen molar-refractivity contribution in [2.75, 3.05) is 0 Å². The molecule has 7 nitrogen and oxygen atoms in total. The number of benzene rings is 1. The van der Waals surface area contributed by atoms with Crippen LogP contribution < -0.4 is 4.74 Å². The van der Waals surface area contributed by atoms with E-state index in [4.69, 9.17) is 9.84 Å². The van der Waals surface area contributed by atoms with Crippen LogP contribution in [0, 0.1) is 11.8 Å². The average molecular weight is 312 g/mol. The zero-order valence-corrected chi connectivity index (χ0v) is 11.8. The molecule has 0 radical (unpaired) electrons. The van der Waals surface area contributed by atoms with E-state index in [0.29, 0.717) is 5.01 Å². The minimum Gasteiger partial charge on any atom is -0.476 e. The highest BCUT2D eigenvalue weighted by Crippen LogP contribution is 2.23. The second kappa shape index (κ2) is 6.07. The van der Waals surface area contributed by atoms with Gasteiger partial charge in [0.2, 0.25) is 11.6 Å². The van der Waals surface area contributed by atoms with E-state index in [1.165, 1.54) is 11.3 Å². The summed E-state index contributed by atoms with van der Waals surface area (Å²) in [6, 6.07) is 9.51. The number of aromatic amines is 1. The lowest BCUT2D eigenvalue weighted by Crippen LogP contribution is -1.99. The molecule has 0 aliphatic rings. The molecule has 0 amide bonds. The molecule has 3 aromatic rings. The zero-order valence-electron chi connectivity index (χ0n) is 11.0. The summed E-state index contributed by atoms with van der Waals surface area (Å²) in [7, 11) is 0. The number of thiazole rings is 1. The summed E-state index contributed by atoms with van der Waals surface area (Å²) in [4.78, 5) is 15.1. The molecule has 0 aliphatic heterocycles. The van der Waals surface area contributed by atoms with Crippen LogP contribution in [0.4, 0.5) is 0 Å². The van der Waals surface area contributed by atoms with E-state index in [1.54, 1.807) is 5.38 Å². The first-order chi connectivity index (χ1) is 10.7. The lowest BCUT2D eigenvalue weighted by Gasteiger charge is -1.96. The molecule has 0 aliphatic carbocycles. The van der Waals surface area contributed by atoms with Gasteiger partial charge >= 0.3 is 5.97 Å². The number of aromatic nitrogens is 4. The van der Waals surface area contributed by atoms with Crippen LogP contribution in [0.25, 0.3) is 0 Å². The van der Waals surface area contributed by atoms with Gasteiger partial charge in [0, 0.05) is 5.56 Å². The van der Waals surface area contributed by atoms with Crippen LogP contribution >= 0.6 is 11.3 Å². The largest absolute Gasteiger partial charge is 0.476 e. The topological polar surface area (TPSA) is 101 Å². The first kappa shape index (κ1) is 13.8. The molecule has 0 atom stereocenters. The Morgan fingerprint density at radius 1 is 1.27 bits per heavy atom. The number of H-pyrrole nitrogens is 1. The van der Waals surface area contributed by atoms with Crippen molar-refractivity contribution in [1.29, 1.82) is 0 Å². The van der Waals surface area contributed by atoms with Gasteiger partial charge in [-0.15, -0.1) is 11.3 Å². The summed E-state index contributed by atoms with van der Waals surface area (Å²) < 4.78 is 5.29. The van der Waals surface area contributed by atoms with Gasteiger partial charge < -0.3 is 9.84 Å². The Kier molecular flexibility index (Phi) is 3.80. The third-order valence-electron chi connectivity index (χ3n) is 2.50. The van der Waals surface area contributed by atoms with Crippen molar-refractivity contribution in [1.82, 2.24) is 20.4 Å². The lowest BCUT2D eigenvalue weighted by atomic mass is 10.2. The van der Waals surface area contributed by atoms with E-state index >= 15 is 0 Å². The maximum Gasteiger partial charge on any atom is 0.359 e. The van der Waals surface area contributed by atoms with Gasteiger partial charge in [-0.05, 0) is 18.1 Å². The molecule has 2 heterocycles. The predicted molar refractivity (Wildman–Crippen MR) is 78.0 cm³/mol. The van der Waals surface area contributed by atoms with E-state index in [2.05, 4.69) is 32.2 Å². The number of aromatic carboxylic acids is 1. The number of hydrogen-bond donors (Lipinski definition) is 2. The highest BCUT2D eigenvalue weighted by atomic mass is 32.1.